The molecular weight excluding hydrogens is 286 g/mol. The summed E-state index contributed by atoms with van der Waals surface area (Å²) in [6.07, 6.45) is 2.63. The van der Waals surface area contributed by atoms with Crippen LogP contribution in [0, 0.1) is 11.8 Å². The number of hydrogen-bond donors (Lipinski definition) is 4. The molecule has 4 N–H and O–H groups in total. The zero-order chi connectivity index (χ0) is 15.9. The Labute approximate surface area is 128 Å². The molecule has 1 aliphatic rings. The molecule has 0 aromatic heterocycles. The summed E-state index contributed by atoms with van der Waals surface area (Å²) in [7, 11) is 0. The number of benzene rings is 1. The lowest BCUT2D eigenvalue weighted by Crippen LogP contribution is -2.49. The molecule has 0 heterocycles. The normalized spacial score (nSPS) is 20.7. The minimum absolute atomic E-state index is 0.463. The molecule has 22 heavy (non-hydrogen) atoms. The van der Waals surface area contributed by atoms with Crippen molar-refractivity contribution in [1.29, 1.82) is 0 Å². The summed E-state index contributed by atoms with van der Waals surface area (Å²) in [5.74, 6) is -2.72. The summed E-state index contributed by atoms with van der Waals surface area (Å²) in [5.41, 5.74) is 5.13. The molecular formula is C15H19N3O4. The molecule has 1 aromatic carbocycles. The van der Waals surface area contributed by atoms with E-state index in [1.807, 2.05) is 6.07 Å². The van der Waals surface area contributed by atoms with Crippen molar-refractivity contribution in [2.24, 2.45) is 11.8 Å². The van der Waals surface area contributed by atoms with Crippen LogP contribution in [0.2, 0.25) is 0 Å². The third-order valence-corrected chi connectivity index (χ3v) is 3.75. The summed E-state index contributed by atoms with van der Waals surface area (Å²) in [5, 5.41) is 11.7. The van der Waals surface area contributed by atoms with E-state index in [4.69, 9.17) is 5.11 Å². The van der Waals surface area contributed by atoms with E-state index < -0.39 is 29.7 Å². The highest BCUT2D eigenvalue weighted by Crippen LogP contribution is 2.30. The Balaban J connectivity index is 1.83. The number of carboxylic acid groups (broad SMARTS) is 1. The molecule has 7 nitrogen and oxygen atoms in total. The molecule has 1 fully saturated rings. The van der Waals surface area contributed by atoms with Gasteiger partial charge in [-0.1, -0.05) is 31.0 Å². The van der Waals surface area contributed by atoms with Gasteiger partial charge in [0.25, 0.3) is 0 Å². The zero-order valence-corrected chi connectivity index (χ0v) is 12.0. The highest BCUT2D eigenvalue weighted by Gasteiger charge is 2.35. The first-order valence-corrected chi connectivity index (χ1v) is 7.22. The van der Waals surface area contributed by atoms with Crippen LogP contribution in [0.15, 0.2) is 30.3 Å². The Kier molecular flexibility index (Phi) is 5.35. The van der Waals surface area contributed by atoms with Crippen molar-refractivity contribution < 1.29 is 19.5 Å². The number of aliphatic carboxylic acids is 1. The van der Waals surface area contributed by atoms with Gasteiger partial charge in [-0.15, -0.1) is 0 Å². The number of hydrazine groups is 1. The van der Waals surface area contributed by atoms with Crippen LogP contribution in [-0.2, 0) is 9.59 Å². The number of anilines is 1. The number of urea groups is 1. The van der Waals surface area contributed by atoms with Crippen molar-refractivity contribution in [3.8, 4) is 0 Å². The summed E-state index contributed by atoms with van der Waals surface area (Å²) in [4.78, 5) is 34.9. The van der Waals surface area contributed by atoms with Gasteiger partial charge in [-0.3, -0.25) is 15.0 Å². The van der Waals surface area contributed by atoms with Gasteiger partial charge in [0.1, 0.15) is 0 Å². The second kappa shape index (κ2) is 7.44. The molecule has 118 valence electrons. The fourth-order valence-corrected chi connectivity index (χ4v) is 2.64. The largest absolute Gasteiger partial charge is 0.481 e. The maximum Gasteiger partial charge on any atom is 0.337 e. The van der Waals surface area contributed by atoms with Crippen LogP contribution in [0.4, 0.5) is 10.5 Å². The summed E-state index contributed by atoms with van der Waals surface area (Å²) in [6, 6.07) is 8.20. The summed E-state index contributed by atoms with van der Waals surface area (Å²) < 4.78 is 0. The third-order valence-electron chi connectivity index (χ3n) is 3.75. The maximum absolute atomic E-state index is 12.1. The van der Waals surface area contributed by atoms with Gasteiger partial charge in [-0.25, -0.2) is 10.2 Å². The highest BCUT2D eigenvalue weighted by atomic mass is 16.4. The molecule has 7 heteroatoms. The summed E-state index contributed by atoms with van der Waals surface area (Å²) >= 11 is 0. The van der Waals surface area contributed by atoms with Crippen molar-refractivity contribution >= 4 is 23.6 Å². The molecule has 1 aromatic rings. The predicted octanol–water partition coefficient (Wildman–Crippen LogP) is 1.73. The number of carboxylic acids is 1. The first-order chi connectivity index (χ1) is 10.6. The number of amides is 3. The minimum Gasteiger partial charge on any atom is -0.481 e. The van der Waals surface area contributed by atoms with Gasteiger partial charge in [0.05, 0.1) is 11.8 Å². The monoisotopic (exact) mass is 305 g/mol. The van der Waals surface area contributed by atoms with E-state index in [2.05, 4.69) is 16.2 Å². The van der Waals surface area contributed by atoms with Crippen molar-refractivity contribution in [3.63, 3.8) is 0 Å². The van der Waals surface area contributed by atoms with Crippen molar-refractivity contribution in [2.75, 3.05) is 5.32 Å². The quantitative estimate of drug-likeness (QED) is 0.638. The lowest BCUT2D eigenvalue weighted by Gasteiger charge is -2.27. The lowest BCUT2D eigenvalue weighted by atomic mass is 9.79. The standard InChI is InChI=1S/C15H19N3O4/c19-13(11-8-4-5-9-12(11)14(20)21)17-18-15(22)16-10-6-2-1-3-7-10/h1-3,6-7,11-12H,4-5,8-9H2,(H,17,19)(H,20,21)(H2,16,18,22)/t11-,12-/m1/s1. The average molecular weight is 305 g/mol. The molecule has 0 bridgehead atoms. The first kappa shape index (κ1) is 15.8. The zero-order valence-electron chi connectivity index (χ0n) is 12.0. The molecule has 0 spiro atoms. The summed E-state index contributed by atoms with van der Waals surface area (Å²) in [6.45, 7) is 0. The minimum atomic E-state index is -0.964. The number of hydrogen-bond acceptors (Lipinski definition) is 3. The van der Waals surface area contributed by atoms with Gasteiger partial charge < -0.3 is 10.4 Å². The Hall–Kier alpha value is -2.57. The van der Waals surface area contributed by atoms with Gasteiger partial charge in [0, 0.05) is 5.69 Å². The van der Waals surface area contributed by atoms with Gasteiger partial charge >= 0.3 is 12.0 Å². The van der Waals surface area contributed by atoms with Crippen LogP contribution in [0.25, 0.3) is 0 Å². The smallest absolute Gasteiger partial charge is 0.337 e. The van der Waals surface area contributed by atoms with Crippen LogP contribution in [0.5, 0.6) is 0 Å². The molecule has 2 rings (SSSR count). The predicted molar refractivity (Wildman–Crippen MR) is 79.8 cm³/mol. The highest BCUT2D eigenvalue weighted by molar-refractivity contribution is 5.92. The Morgan fingerprint density at radius 3 is 2.23 bits per heavy atom. The molecule has 0 saturated heterocycles. The maximum atomic E-state index is 12.1. The van der Waals surface area contributed by atoms with Crippen molar-refractivity contribution in [2.45, 2.75) is 25.7 Å². The lowest BCUT2D eigenvalue weighted by molar-refractivity contribution is -0.149. The van der Waals surface area contributed by atoms with E-state index in [9.17, 15) is 14.4 Å². The molecule has 3 amide bonds. The van der Waals surface area contributed by atoms with Crippen LogP contribution in [-0.4, -0.2) is 23.0 Å². The molecule has 0 unspecified atom stereocenters. The van der Waals surface area contributed by atoms with Gasteiger partial charge in [-0.05, 0) is 25.0 Å². The van der Waals surface area contributed by atoms with Crippen LogP contribution < -0.4 is 16.2 Å². The van der Waals surface area contributed by atoms with E-state index >= 15 is 0 Å². The fourth-order valence-electron chi connectivity index (χ4n) is 2.64. The molecule has 0 radical (unpaired) electrons. The molecule has 2 atom stereocenters. The third kappa shape index (κ3) is 4.21. The van der Waals surface area contributed by atoms with Gasteiger partial charge in [0.15, 0.2) is 0 Å². The molecule has 1 saturated carbocycles. The van der Waals surface area contributed by atoms with Crippen LogP contribution in [0.1, 0.15) is 25.7 Å². The second-order valence-corrected chi connectivity index (χ2v) is 5.27. The number of carbonyl (C=O) groups excluding carboxylic acids is 2. The first-order valence-electron chi connectivity index (χ1n) is 7.22. The van der Waals surface area contributed by atoms with E-state index in [1.54, 1.807) is 24.3 Å². The SMILES string of the molecule is O=C(NNC(=O)[C@@H]1CCCC[C@H]1C(=O)O)Nc1ccccc1. The van der Waals surface area contributed by atoms with E-state index in [0.29, 0.717) is 18.5 Å². The van der Waals surface area contributed by atoms with Crippen molar-refractivity contribution in [3.05, 3.63) is 30.3 Å². The number of rotatable bonds is 3. The second-order valence-electron chi connectivity index (χ2n) is 5.27. The Bertz CT molecular complexity index is 547. The van der Waals surface area contributed by atoms with Gasteiger partial charge in [0.2, 0.25) is 5.91 Å². The number of carbonyl (C=O) groups is 3. The molecule has 1 aliphatic carbocycles. The number of nitrogens with one attached hydrogen (secondary N) is 3. The van der Waals surface area contributed by atoms with Crippen LogP contribution in [0.3, 0.4) is 0 Å². The van der Waals surface area contributed by atoms with E-state index in [1.165, 1.54) is 0 Å². The fraction of sp³-hybridized carbons (Fsp3) is 0.400. The molecule has 0 aliphatic heterocycles. The van der Waals surface area contributed by atoms with E-state index in [-0.39, 0.29) is 0 Å². The van der Waals surface area contributed by atoms with E-state index in [0.717, 1.165) is 12.8 Å². The Morgan fingerprint density at radius 2 is 1.59 bits per heavy atom. The topological polar surface area (TPSA) is 108 Å². The Morgan fingerprint density at radius 1 is 0.955 bits per heavy atom. The van der Waals surface area contributed by atoms with Crippen LogP contribution >= 0.6 is 0 Å². The van der Waals surface area contributed by atoms with Gasteiger partial charge in [-0.2, -0.15) is 0 Å². The average Bonchev–Trinajstić information content (AvgIpc) is 2.53. The van der Waals surface area contributed by atoms with Crippen molar-refractivity contribution in [1.82, 2.24) is 10.9 Å². The number of para-hydroxylation sites is 1.